The topological polar surface area (TPSA) is 75.5 Å². The largest absolute Gasteiger partial charge is 0.478 e. The molecule has 0 radical (unpaired) electrons. The van der Waals surface area contributed by atoms with E-state index in [4.69, 9.17) is 21.4 Å². The molecule has 2 heterocycles. The lowest BCUT2D eigenvalue weighted by molar-refractivity contribution is 0.0696. The standard InChI is InChI=1S/C18H20ClN3O3/c1-12-9-20-18(21-10-12)25-14-4-6-22(7-5-14)11-13-2-3-15(17(23)24)16(19)8-13/h2-3,8-10,14H,4-7,11H2,1H3,(H,23,24). The molecule has 7 heteroatoms. The number of carboxylic acid groups (broad SMARTS) is 1. The third-order valence-electron chi connectivity index (χ3n) is 4.23. The van der Waals surface area contributed by atoms with Gasteiger partial charge in [0.2, 0.25) is 0 Å². The Morgan fingerprint density at radius 1 is 1.32 bits per heavy atom. The molecule has 0 unspecified atom stereocenters. The fourth-order valence-electron chi connectivity index (χ4n) is 2.86. The van der Waals surface area contributed by atoms with Crippen LogP contribution in [0.2, 0.25) is 5.02 Å². The summed E-state index contributed by atoms with van der Waals surface area (Å²) in [7, 11) is 0. The van der Waals surface area contributed by atoms with E-state index in [1.54, 1.807) is 24.5 Å². The number of carboxylic acids is 1. The van der Waals surface area contributed by atoms with Crippen LogP contribution in [0.5, 0.6) is 6.01 Å². The molecule has 1 saturated heterocycles. The van der Waals surface area contributed by atoms with E-state index in [1.807, 2.05) is 13.0 Å². The number of ether oxygens (including phenoxy) is 1. The van der Waals surface area contributed by atoms with Gasteiger partial charge in [0.1, 0.15) is 6.10 Å². The van der Waals surface area contributed by atoms with E-state index in [0.717, 1.165) is 43.6 Å². The lowest BCUT2D eigenvalue weighted by Crippen LogP contribution is -2.38. The summed E-state index contributed by atoms with van der Waals surface area (Å²) in [6.45, 7) is 4.48. The van der Waals surface area contributed by atoms with E-state index in [0.29, 0.717) is 6.01 Å². The lowest BCUT2D eigenvalue weighted by Gasteiger charge is -2.31. The van der Waals surface area contributed by atoms with Gasteiger partial charge in [-0.3, -0.25) is 4.90 Å². The number of hydrogen-bond donors (Lipinski definition) is 1. The van der Waals surface area contributed by atoms with Crippen LogP contribution in [0.15, 0.2) is 30.6 Å². The Hall–Kier alpha value is -2.18. The first-order chi connectivity index (χ1) is 12.0. The Kier molecular flexibility index (Phi) is 5.50. The van der Waals surface area contributed by atoms with Crippen LogP contribution < -0.4 is 4.74 Å². The van der Waals surface area contributed by atoms with Crippen molar-refractivity contribution in [1.29, 1.82) is 0 Å². The van der Waals surface area contributed by atoms with Crippen LogP contribution in [0, 0.1) is 6.92 Å². The number of nitrogens with zero attached hydrogens (tertiary/aromatic N) is 3. The number of hydrogen-bond acceptors (Lipinski definition) is 5. The van der Waals surface area contributed by atoms with Gasteiger partial charge in [-0.1, -0.05) is 17.7 Å². The summed E-state index contributed by atoms with van der Waals surface area (Å²) < 4.78 is 5.83. The molecule has 6 nitrogen and oxygen atoms in total. The molecule has 0 amide bonds. The van der Waals surface area contributed by atoms with E-state index in [9.17, 15) is 4.79 Å². The van der Waals surface area contributed by atoms with Crippen molar-refractivity contribution < 1.29 is 14.6 Å². The minimum atomic E-state index is -1.01. The lowest BCUT2D eigenvalue weighted by atomic mass is 10.1. The van der Waals surface area contributed by atoms with Crippen molar-refractivity contribution in [2.45, 2.75) is 32.4 Å². The average molecular weight is 362 g/mol. The molecule has 0 bridgehead atoms. The van der Waals surface area contributed by atoms with Crippen molar-refractivity contribution in [2.24, 2.45) is 0 Å². The molecule has 3 rings (SSSR count). The maximum absolute atomic E-state index is 11.0. The molecule has 1 aliphatic heterocycles. The highest BCUT2D eigenvalue weighted by atomic mass is 35.5. The number of benzene rings is 1. The molecule has 132 valence electrons. The van der Waals surface area contributed by atoms with Gasteiger partial charge >= 0.3 is 12.0 Å². The number of halogens is 1. The Balaban J connectivity index is 1.51. The minimum absolute atomic E-state index is 0.122. The molecule has 1 aromatic carbocycles. The predicted molar refractivity (Wildman–Crippen MR) is 94.1 cm³/mol. The van der Waals surface area contributed by atoms with Crippen molar-refractivity contribution in [1.82, 2.24) is 14.9 Å². The number of aromatic nitrogens is 2. The van der Waals surface area contributed by atoms with Gasteiger partial charge in [-0.15, -0.1) is 0 Å². The quantitative estimate of drug-likeness (QED) is 0.881. The number of piperidine rings is 1. The maximum atomic E-state index is 11.0. The molecule has 1 aliphatic rings. The third kappa shape index (κ3) is 4.67. The number of carbonyl (C=O) groups is 1. The van der Waals surface area contributed by atoms with Crippen LogP contribution in [-0.2, 0) is 6.54 Å². The van der Waals surface area contributed by atoms with Crippen LogP contribution in [0.3, 0.4) is 0 Å². The number of aryl methyl sites for hydroxylation is 1. The summed E-state index contributed by atoms with van der Waals surface area (Å²) >= 11 is 6.03. The van der Waals surface area contributed by atoms with Gasteiger partial charge in [-0.25, -0.2) is 14.8 Å². The predicted octanol–water partition coefficient (Wildman–Crippen LogP) is 3.18. The SMILES string of the molecule is Cc1cnc(OC2CCN(Cc3ccc(C(=O)O)c(Cl)c3)CC2)nc1. The van der Waals surface area contributed by atoms with Crippen LogP contribution in [0.1, 0.15) is 34.3 Å². The first-order valence-electron chi connectivity index (χ1n) is 8.20. The first-order valence-corrected chi connectivity index (χ1v) is 8.58. The summed E-state index contributed by atoms with van der Waals surface area (Å²) in [4.78, 5) is 21.7. The summed E-state index contributed by atoms with van der Waals surface area (Å²) in [6.07, 6.45) is 5.43. The summed E-state index contributed by atoms with van der Waals surface area (Å²) in [5.74, 6) is -1.01. The fraction of sp³-hybridized carbons (Fsp3) is 0.389. The Labute approximate surface area is 151 Å². The highest BCUT2D eigenvalue weighted by Gasteiger charge is 2.21. The first kappa shape index (κ1) is 17.6. The van der Waals surface area contributed by atoms with E-state index in [1.165, 1.54) is 0 Å². The Bertz CT molecular complexity index is 744. The highest BCUT2D eigenvalue weighted by molar-refractivity contribution is 6.33. The molecule has 2 aromatic rings. The van der Waals surface area contributed by atoms with E-state index >= 15 is 0 Å². The second kappa shape index (κ2) is 7.80. The normalized spacial score (nSPS) is 15.9. The zero-order valence-corrected chi connectivity index (χ0v) is 14.7. The molecule has 25 heavy (non-hydrogen) atoms. The van der Waals surface area contributed by atoms with Crippen molar-refractivity contribution in [3.05, 3.63) is 52.3 Å². The van der Waals surface area contributed by atoms with Gasteiger partial charge in [-0.2, -0.15) is 0 Å². The highest BCUT2D eigenvalue weighted by Crippen LogP contribution is 2.21. The van der Waals surface area contributed by atoms with E-state index in [-0.39, 0.29) is 16.7 Å². The molecular formula is C18H20ClN3O3. The van der Waals surface area contributed by atoms with E-state index in [2.05, 4.69) is 14.9 Å². The zero-order chi connectivity index (χ0) is 17.8. The van der Waals surface area contributed by atoms with Crippen molar-refractivity contribution in [2.75, 3.05) is 13.1 Å². The third-order valence-corrected chi connectivity index (χ3v) is 4.55. The van der Waals surface area contributed by atoms with Crippen LogP contribution in [0.25, 0.3) is 0 Å². The second-order valence-electron chi connectivity index (χ2n) is 6.26. The van der Waals surface area contributed by atoms with Crippen LogP contribution in [0.4, 0.5) is 0 Å². The molecule has 0 aliphatic carbocycles. The fourth-order valence-corrected chi connectivity index (χ4v) is 3.15. The van der Waals surface area contributed by atoms with Gasteiger partial charge in [0.25, 0.3) is 0 Å². The van der Waals surface area contributed by atoms with Crippen LogP contribution in [-0.4, -0.2) is 45.1 Å². The molecule has 0 spiro atoms. The summed E-state index contributed by atoms with van der Waals surface area (Å²) in [5, 5.41) is 9.30. The zero-order valence-electron chi connectivity index (χ0n) is 14.0. The molecule has 1 fully saturated rings. The minimum Gasteiger partial charge on any atom is -0.478 e. The summed E-state index contributed by atoms with van der Waals surface area (Å²) in [6, 6.07) is 5.54. The van der Waals surface area contributed by atoms with E-state index < -0.39 is 5.97 Å². The number of rotatable bonds is 5. The van der Waals surface area contributed by atoms with Gasteiger partial charge < -0.3 is 9.84 Å². The molecule has 1 aromatic heterocycles. The van der Waals surface area contributed by atoms with Crippen LogP contribution >= 0.6 is 11.6 Å². The molecule has 0 atom stereocenters. The van der Waals surface area contributed by atoms with Gasteiger partial charge in [0.05, 0.1) is 10.6 Å². The maximum Gasteiger partial charge on any atom is 0.337 e. The Morgan fingerprint density at radius 3 is 2.60 bits per heavy atom. The summed E-state index contributed by atoms with van der Waals surface area (Å²) in [5.41, 5.74) is 2.15. The van der Waals surface area contributed by atoms with Crippen molar-refractivity contribution in [3.8, 4) is 6.01 Å². The molecule has 1 N–H and O–H groups in total. The number of likely N-dealkylation sites (tertiary alicyclic amines) is 1. The monoisotopic (exact) mass is 361 g/mol. The van der Waals surface area contributed by atoms with Crippen molar-refractivity contribution >= 4 is 17.6 Å². The number of aromatic carboxylic acids is 1. The average Bonchev–Trinajstić information content (AvgIpc) is 2.58. The molecular weight excluding hydrogens is 342 g/mol. The second-order valence-corrected chi connectivity index (χ2v) is 6.66. The van der Waals surface area contributed by atoms with Gasteiger partial charge in [0.15, 0.2) is 0 Å². The van der Waals surface area contributed by atoms with Gasteiger partial charge in [-0.05, 0) is 43.0 Å². The smallest absolute Gasteiger partial charge is 0.337 e. The Morgan fingerprint density at radius 2 is 2.00 bits per heavy atom. The molecule has 0 saturated carbocycles. The van der Waals surface area contributed by atoms with Crippen molar-refractivity contribution in [3.63, 3.8) is 0 Å². The van der Waals surface area contributed by atoms with Gasteiger partial charge in [0, 0.05) is 32.0 Å².